The summed E-state index contributed by atoms with van der Waals surface area (Å²) in [5.41, 5.74) is -0.624. The van der Waals surface area contributed by atoms with Gasteiger partial charge >= 0.3 is 5.97 Å². The van der Waals surface area contributed by atoms with Gasteiger partial charge in [0.05, 0.1) is 24.4 Å². The first-order chi connectivity index (χ1) is 9.58. The first-order valence-electron chi connectivity index (χ1n) is 7.11. The minimum atomic E-state index is -1.10. The third kappa shape index (κ3) is 5.61. The topological polar surface area (TPSA) is 79.3 Å². The molecule has 0 spiro atoms. The molecule has 5 nitrogen and oxygen atoms in total. The molecule has 2 N–H and O–H groups in total. The zero-order valence-corrected chi connectivity index (χ0v) is 13.4. The number of aliphatic hydroxyl groups excluding tert-OH is 1. The van der Waals surface area contributed by atoms with Gasteiger partial charge in [-0.05, 0) is 46.1 Å². The Balaban J connectivity index is 2.45. The molecule has 5 heteroatoms. The summed E-state index contributed by atoms with van der Waals surface area (Å²) in [6.07, 6.45) is 5.45. The Morgan fingerprint density at radius 2 is 2.14 bits per heavy atom. The molecule has 0 aromatic heterocycles. The van der Waals surface area contributed by atoms with Crippen molar-refractivity contribution in [3.05, 3.63) is 23.8 Å². The molecular weight excluding hydrogens is 272 g/mol. The van der Waals surface area contributed by atoms with Crippen LogP contribution in [0.3, 0.4) is 0 Å². The van der Waals surface area contributed by atoms with Crippen LogP contribution in [0.15, 0.2) is 23.8 Å². The van der Waals surface area contributed by atoms with E-state index in [0.29, 0.717) is 12.8 Å². The van der Waals surface area contributed by atoms with Gasteiger partial charge in [-0.3, -0.25) is 0 Å². The SMILES string of the molecule is COC(=O)/C=C(C)/C=C/[C@@H]1O[C@@]1(C)CC[C@H](O)C(C)(C)O. The van der Waals surface area contributed by atoms with E-state index < -0.39 is 11.7 Å². The summed E-state index contributed by atoms with van der Waals surface area (Å²) in [6, 6.07) is 0. The molecule has 0 saturated carbocycles. The molecule has 1 heterocycles. The first kappa shape index (κ1) is 17.9. The molecule has 0 unspecified atom stereocenters. The Kier molecular flexibility index (Phi) is 5.73. The van der Waals surface area contributed by atoms with Crippen molar-refractivity contribution in [1.29, 1.82) is 0 Å². The van der Waals surface area contributed by atoms with Gasteiger partial charge in [0.2, 0.25) is 0 Å². The normalized spacial score (nSPS) is 27.8. The molecule has 0 aromatic rings. The second kappa shape index (κ2) is 6.73. The Morgan fingerprint density at radius 3 is 2.67 bits per heavy atom. The Morgan fingerprint density at radius 1 is 1.52 bits per heavy atom. The van der Waals surface area contributed by atoms with Crippen LogP contribution in [0, 0.1) is 0 Å². The molecule has 0 amide bonds. The highest BCUT2D eigenvalue weighted by Gasteiger charge is 2.50. The van der Waals surface area contributed by atoms with Crippen molar-refractivity contribution in [1.82, 2.24) is 0 Å². The minimum Gasteiger partial charge on any atom is -0.466 e. The summed E-state index contributed by atoms with van der Waals surface area (Å²) in [4.78, 5) is 11.1. The lowest BCUT2D eigenvalue weighted by Gasteiger charge is -2.24. The molecule has 1 rings (SSSR count). The van der Waals surface area contributed by atoms with Gasteiger partial charge in [-0.1, -0.05) is 12.2 Å². The highest BCUT2D eigenvalue weighted by Crippen LogP contribution is 2.42. The lowest BCUT2D eigenvalue weighted by molar-refractivity contribution is -0.134. The van der Waals surface area contributed by atoms with Crippen molar-refractivity contribution in [2.75, 3.05) is 7.11 Å². The van der Waals surface area contributed by atoms with Crippen LogP contribution in [0.1, 0.15) is 40.5 Å². The molecule has 21 heavy (non-hydrogen) atoms. The van der Waals surface area contributed by atoms with Gasteiger partial charge in [0, 0.05) is 6.08 Å². The number of aliphatic hydroxyl groups is 2. The minimum absolute atomic E-state index is 0.0347. The number of hydrogen-bond acceptors (Lipinski definition) is 5. The predicted octanol–water partition coefficient (Wildman–Crippen LogP) is 1.73. The van der Waals surface area contributed by atoms with E-state index in [9.17, 15) is 15.0 Å². The molecule has 1 saturated heterocycles. The predicted molar refractivity (Wildman–Crippen MR) is 79.7 cm³/mol. The fraction of sp³-hybridized carbons (Fsp3) is 0.688. The average Bonchev–Trinajstić information content (AvgIpc) is 3.03. The molecule has 0 bridgehead atoms. The lowest BCUT2D eigenvalue weighted by Crippen LogP contribution is -2.36. The standard InChI is InChI=1S/C16H26O5/c1-11(10-14(18)20-5)6-7-13-16(4,21-13)9-8-12(17)15(2,3)19/h6-7,10,12-13,17,19H,8-9H2,1-5H3/b7-6+,11-10+/t12-,13-,16-/m0/s1. The molecule has 3 atom stereocenters. The van der Waals surface area contributed by atoms with Crippen molar-refractivity contribution >= 4 is 5.97 Å². The van der Waals surface area contributed by atoms with Gasteiger partial charge in [0.1, 0.15) is 6.10 Å². The Labute approximate surface area is 126 Å². The number of hydrogen-bond donors (Lipinski definition) is 2. The number of carbonyl (C=O) groups is 1. The van der Waals surface area contributed by atoms with Crippen molar-refractivity contribution in [3.63, 3.8) is 0 Å². The van der Waals surface area contributed by atoms with E-state index in [4.69, 9.17) is 4.74 Å². The summed E-state index contributed by atoms with van der Waals surface area (Å²) in [7, 11) is 1.34. The first-order valence-corrected chi connectivity index (χ1v) is 7.11. The Bertz CT molecular complexity index is 432. The molecular formula is C16H26O5. The fourth-order valence-corrected chi connectivity index (χ4v) is 2.01. The van der Waals surface area contributed by atoms with E-state index in [1.54, 1.807) is 13.8 Å². The van der Waals surface area contributed by atoms with E-state index in [1.165, 1.54) is 13.2 Å². The van der Waals surface area contributed by atoms with Gasteiger partial charge in [-0.15, -0.1) is 0 Å². The molecule has 1 fully saturated rings. The van der Waals surface area contributed by atoms with Gasteiger partial charge in [-0.25, -0.2) is 4.79 Å². The van der Waals surface area contributed by atoms with Crippen LogP contribution in [0.2, 0.25) is 0 Å². The van der Waals surface area contributed by atoms with Crippen LogP contribution in [0.5, 0.6) is 0 Å². The summed E-state index contributed by atoms with van der Waals surface area (Å²) in [6.45, 7) is 6.96. The Hall–Kier alpha value is -1.17. The quantitative estimate of drug-likeness (QED) is 0.324. The number of ether oxygens (including phenoxy) is 2. The van der Waals surface area contributed by atoms with E-state index >= 15 is 0 Å². The van der Waals surface area contributed by atoms with Crippen LogP contribution < -0.4 is 0 Å². The molecule has 120 valence electrons. The number of carbonyl (C=O) groups excluding carboxylic acids is 1. The van der Waals surface area contributed by atoms with Crippen molar-refractivity contribution in [3.8, 4) is 0 Å². The van der Waals surface area contributed by atoms with E-state index in [-0.39, 0.29) is 17.7 Å². The van der Waals surface area contributed by atoms with Crippen molar-refractivity contribution in [2.45, 2.75) is 63.9 Å². The largest absolute Gasteiger partial charge is 0.466 e. The zero-order chi connectivity index (χ0) is 16.3. The third-order valence-corrected chi connectivity index (χ3v) is 3.75. The number of epoxide rings is 1. The number of methoxy groups -OCH3 is 1. The second-order valence-corrected chi connectivity index (χ2v) is 6.33. The third-order valence-electron chi connectivity index (χ3n) is 3.75. The van der Waals surface area contributed by atoms with Gasteiger partial charge in [0.25, 0.3) is 0 Å². The molecule has 0 radical (unpaired) electrons. The highest BCUT2D eigenvalue weighted by atomic mass is 16.6. The number of rotatable bonds is 7. The van der Waals surface area contributed by atoms with E-state index in [1.807, 2.05) is 26.0 Å². The molecule has 1 aliphatic rings. The van der Waals surface area contributed by atoms with E-state index in [0.717, 1.165) is 5.57 Å². The maximum atomic E-state index is 11.1. The number of allylic oxidation sites excluding steroid dienone is 2. The number of esters is 1. The molecule has 0 aromatic carbocycles. The summed E-state index contributed by atoms with van der Waals surface area (Å²) < 4.78 is 10.2. The zero-order valence-electron chi connectivity index (χ0n) is 13.4. The van der Waals surface area contributed by atoms with Gasteiger partial charge < -0.3 is 19.7 Å². The molecule has 0 aliphatic carbocycles. The smallest absolute Gasteiger partial charge is 0.330 e. The van der Waals surface area contributed by atoms with Crippen molar-refractivity contribution in [2.24, 2.45) is 0 Å². The summed E-state index contributed by atoms with van der Waals surface area (Å²) in [5.74, 6) is -0.384. The van der Waals surface area contributed by atoms with Gasteiger partial charge in [0.15, 0.2) is 0 Å². The fourth-order valence-electron chi connectivity index (χ4n) is 2.01. The summed E-state index contributed by atoms with van der Waals surface area (Å²) in [5, 5.41) is 19.5. The summed E-state index contributed by atoms with van der Waals surface area (Å²) >= 11 is 0. The molecule has 1 aliphatic heterocycles. The van der Waals surface area contributed by atoms with Crippen molar-refractivity contribution < 1.29 is 24.5 Å². The van der Waals surface area contributed by atoms with E-state index in [2.05, 4.69) is 4.74 Å². The maximum absolute atomic E-state index is 11.1. The van der Waals surface area contributed by atoms with Gasteiger partial charge in [-0.2, -0.15) is 0 Å². The van der Waals surface area contributed by atoms with Crippen LogP contribution in [0.4, 0.5) is 0 Å². The maximum Gasteiger partial charge on any atom is 0.330 e. The average molecular weight is 298 g/mol. The highest BCUT2D eigenvalue weighted by molar-refractivity contribution is 5.83. The lowest BCUT2D eigenvalue weighted by atomic mass is 9.92. The van der Waals surface area contributed by atoms with Crippen LogP contribution in [-0.4, -0.2) is 46.7 Å². The second-order valence-electron chi connectivity index (χ2n) is 6.33. The van der Waals surface area contributed by atoms with Crippen LogP contribution >= 0.6 is 0 Å². The van der Waals surface area contributed by atoms with Crippen LogP contribution in [0.25, 0.3) is 0 Å². The van der Waals surface area contributed by atoms with Crippen LogP contribution in [-0.2, 0) is 14.3 Å². The monoisotopic (exact) mass is 298 g/mol.